The van der Waals surface area contributed by atoms with Gasteiger partial charge in [0, 0.05) is 50.4 Å². The Morgan fingerprint density at radius 1 is 1.22 bits per heavy atom. The summed E-state index contributed by atoms with van der Waals surface area (Å²) in [4.78, 5) is 18.4. The quantitative estimate of drug-likeness (QED) is 0.626. The van der Waals surface area contributed by atoms with Crippen LogP contribution in [-0.4, -0.2) is 58.3 Å². The molecule has 1 saturated carbocycles. The zero-order chi connectivity index (χ0) is 22.6. The summed E-state index contributed by atoms with van der Waals surface area (Å²) >= 11 is 0. The summed E-state index contributed by atoms with van der Waals surface area (Å²) in [6, 6.07) is 1.62. The van der Waals surface area contributed by atoms with Crippen molar-refractivity contribution in [2.75, 3.05) is 32.1 Å². The van der Waals surface area contributed by atoms with E-state index in [1.54, 1.807) is 18.5 Å². The molecule has 1 N–H and O–H groups in total. The fraction of sp³-hybridized carbons (Fsp3) is 0.609. The third-order valence-corrected chi connectivity index (χ3v) is 6.55. The van der Waals surface area contributed by atoms with E-state index in [2.05, 4.69) is 21.4 Å². The Morgan fingerprint density at radius 2 is 1.97 bits per heavy atom. The van der Waals surface area contributed by atoms with Crippen LogP contribution in [0.1, 0.15) is 66.8 Å². The number of methoxy groups -OCH3 is 1. The third kappa shape index (κ3) is 5.43. The van der Waals surface area contributed by atoms with Crippen molar-refractivity contribution >= 4 is 17.5 Å². The number of nitrogens with zero attached hydrogens (tertiary/aromatic N) is 4. The predicted molar refractivity (Wildman–Crippen MR) is 118 cm³/mol. The highest BCUT2D eigenvalue weighted by Crippen LogP contribution is 2.37. The first-order valence-corrected chi connectivity index (χ1v) is 11.4. The molecular weight excluding hydrogens is 416 g/mol. The molecule has 0 amide bonds. The SMILES string of the molecule is COC(=O)c1ccncc1Nc1nn(CCN2CCC(F)(F)CC2)cc1C1CCCCC1. The van der Waals surface area contributed by atoms with Crippen LogP contribution < -0.4 is 5.32 Å². The van der Waals surface area contributed by atoms with E-state index in [1.807, 2.05) is 4.68 Å². The molecule has 2 fully saturated rings. The maximum Gasteiger partial charge on any atom is 0.340 e. The second kappa shape index (κ2) is 9.94. The molecule has 9 heteroatoms. The average molecular weight is 448 g/mol. The summed E-state index contributed by atoms with van der Waals surface area (Å²) in [7, 11) is 1.35. The maximum atomic E-state index is 13.4. The molecule has 7 nitrogen and oxygen atoms in total. The van der Waals surface area contributed by atoms with E-state index >= 15 is 0 Å². The summed E-state index contributed by atoms with van der Waals surface area (Å²) < 4.78 is 33.7. The van der Waals surface area contributed by atoms with Gasteiger partial charge in [0.25, 0.3) is 5.92 Å². The van der Waals surface area contributed by atoms with Gasteiger partial charge in [-0.3, -0.25) is 9.67 Å². The van der Waals surface area contributed by atoms with E-state index in [0.717, 1.165) is 24.2 Å². The number of halogens is 2. The highest BCUT2D eigenvalue weighted by atomic mass is 19.3. The van der Waals surface area contributed by atoms with Crippen molar-refractivity contribution in [3.05, 3.63) is 35.8 Å². The zero-order valence-corrected chi connectivity index (χ0v) is 18.5. The van der Waals surface area contributed by atoms with Crippen molar-refractivity contribution in [1.29, 1.82) is 0 Å². The fourth-order valence-electron chi connectivity index (χ4n) is 4.62. The minimum Gasteiger partial charge on any atom is -0.465 e. The van der Waals surface area contributed by atoms with Gasteiger partial charge < -0.3 is 15.0 Å². The van der Waals surface area contributed by atoms with Crippen molar-refractivity contribution in [3.8, 4) is 0 Å². The number of hydrogen-bond acceptors (Lipinski definition) is 6. The topological polar surface area (TPSA) is 72.3 Å². The number of piperidine rings is 1. The van der Waals surface area contributed by atoms with Gasteiger partial charge in [-0.2, -0.15) is 5.10 Å². The lowest BCUT2D eigenvalue weighted by Crippen LogP contribution is -2.40. The minimum atomic E-state index is -2.53. The van der Waals surface area contributed by atoms with Crippen LogP contribution in [0.25, 0.3) is 0 Å². The first-order valence-electron chi connectivity index (χ1n) is 11.4. The Labute approximate surface area is 187 Å². The molecule has 0 atom stereocenters. The highest BCUT2D eigenvalue weighted by molar-refractivity contribution is 5.96. The monoisotopic (exact) mass is 447 g/mol. The zero-order valence-electron chi connectivity index (χ0n) is 18.5. The highest BCUT2D eigenvalue weighted by Gasteiger charge is 2.33. The molecule has 1 aliphatic heterocycles. The number of ether oxygens (including phenoxy) is 1. The number of aromatic nitrogens is 3. The summed E-state index contributed by atoms with van der Waals surface area (Å²) in [6.45, 7) is 2.13. The van der Waals surface area contributed by atoms with Crippen LogP contribution in [0.5, 0.6) is 0 Å². The van der Waals surface area contributed by atoms with E-state index in [4.69, 9.17) is 9.84 Å². The second-order valence-corrected chi connectivity index (χ2v) is 8.77. The number of esters is 1. The van der Waals surface area contributed by atoms with Crippen LogP contribution in [0.4, 0.5) is 20.3 Å². The Balaban J connectivity index is 1.52. The van der Waals surface area contributed by atoms with Gasteiger partial charge in [0.05, 0.1) is 31.1 Å². The lowest BCUT2D eigenvalue weighted by atomic mass is 9.85. The van der Waals surface area contributed by atoms with E-state index in [9.17, 15) is 13.6 Å². The van der Waals surface area contributed by atoms with Gasteiger partial charge in [-0.1, -0.05) is 19.3 Å². The Hall–Kier alpha value is -2.55. The lowest BCUT2D eigenvalue weighted by molar-refractivity contribution is -0.0555. The first-order chi connectivity index (χ1) is 15.4. The molecule has 2 aliphatic rings. The second-order valence-electron chi connectivity index (χ2n) is 8.77. The molecule has 0 radical (unpaired) electrons. The minimum absolute atomic E-state index is 0.0798. The van der Waals surface area contributed by atoms with Crippen LogP contribution in [0.2, 0.25) is 0 Å². The van der Waals surface area contributed by atoms with Gasteiger partial charge in [0.2, 0.25) is 0 Å². The van der Waals surface area contributed by atoms with E-state index in [-0.39, 0.29) is 12.8 Å². The number of hydrogen-bond donors (Lipinski definition) is 1. The molecule has 3 heterocycles. The first kappa shape index (κ1) is 22.6. The standard InChI is InChI=1S/C23H31F2N5O2/c1-32-22(31)18-7-10-26-15-20(18)27-21-19(17-5-3-2-4-6-17)16-30(28-21)14-13-29-11-8-23(24,25)9-12-29/h7,10,15-17H,2-6,8-9,11-14H2,1H3,(H,27,28). The Kier molecular flexibility index (Phi) is 7.03. The Bertz CT molecular complexity index is 917. The van der Waals surface area contributed by atoms with Crippen molar-refractivity contribution in [2.45, 2.75) is 63.3 Å². The van der Waals surface area contributed by atoms with Crippen molar-refractivity contribution < 1.29 is 18.3 Å². The number of carbonyl (C=O) groups excluding carboxylic acids is 1. The van der Waals surface area contributed by atoms with Crippen LogP contribution in [0.3, 0.4) is 0 Å². The van der Waals surface area contributed by atoms with E-state index in [1.165, 1.54) is 26.4 Å². The molecule has 0 spiro atoms. The number of carbonyl (C=O) groups is 1. The summed E-state index contributed by atoms with van der Waals surface area (Å²) in [5, 5.41) is 8.09. The van der Waals surface area contributed by atoms with Gasteiger partial charge in [0.15, 0.2) is 5.82 Å². The molecule has 4 rings (SSSR count). The van der Waals surface area contributed by atoms with Crippen LogP contribution in [0.15, 0.2) is 24.7 Å². The number of likely N-dealkylation sites (tertiary alicyclic amines) is 1. The molecule has 174 valence electrons. The van der Waals surface area contributed by atoms with E-state index in [0.29, 0.717) is 43.3 Å². The largest absolute Gasteiger partial charge is 0.465 e. The maximum absolute atomic E-state index is 13.4. The third-order valence-electron chi connectivity index (χ3n) is 6.55. The molecule has 0 bridgehead atoms. The molecule has 0 aromatic carbocycles. The Morgan fingerprint density at radius 3 is 2.69 bits per heavy atom. The van der Waals surface area contributed by atoms with Crippen molar-refractivity contribution in [3.63, 3.8) is 0 Å². The normalized spacial score (nSPS) is 19.6. The van der Waals surface area contributed by atoms with Gasteiger partial charge in [-0.05, 0) is 24.8 Å². The summed E-state index contributed by atoms with van der Waals surface area (Å²) in [6.07, 6.45) is 10.9. The van der Waals surface area contributed by atoms with Crippen molar-refractivity contribution in [2.24, 2.45) is 0 Å². The average Bonchev–Trinajstić information content (AvgIpc) is 3.21. The van der Waals surface area contributed by atoms with Gasteiger partial charge in [0.1, 0.15) is 0 Å². The molecular formula is C23H31F2N5O2. The summed E-state index contributed by atoms with van der Waals surface area (Å²) in [5.74, 6) is -1.84. The van der Waals surface area contributed by atoms with Gasteiger partial charge in [-0.15, -0.1) is 0 Å². The van der Waals surface area contributed by atoms with Crippen molar-refractivity contribution in [1.82, 2.24) is 19.7 Å². The molecule has 32 heavy (non-hydrogen) atoms. The predicted octanol–water partition coefficient (Wildman–Crippen LogP) is 4.59. The van der Waals surface area contributed by atoms with Gasteiger partial charge >= 0.3 is 5.97 Å². The molecule has 0 unspecified atom stereocenters. The molecule has 1 aliphatic carbocycles. The van der Waals surface area contributed by atoms with Crippen LogP contribution >= 0.6 is 0 Å². The van der Waals surface area contributed by atoms with Crippen LogP contribution in [0, 0.1) is 0 Å². The molecule has 2 aromatic rings. The van der Waals surface area contributed by atoms with E-state index < -0.39 is 11.9 Å². The van der Waals surface area contributed by atoms with Crippen LogP contribution in [-0.2, 0) is 11.3 Å². The molecule has 1 saturated heterocycles. The number of rotatable bonds is 7. The van der Waals surface area contributed by atoms with Gasteiger partial charge in [-0.25, -0.2) is 13.6 Å². The number of nitrogens with one attached hydrogen (secondary N) is 1. The number of pyridine rings is 1. The fourth-order valence-corrected chi connectivity index (χ4v) is 4.62. The molecule has 2 aromatic heterocycles. The number of alkyl halides is 2. The smallest absolute Gasteiger partial charge is 0.340 e. The number of anilines is 2. The lowest BCUT2D eigenvalue weighted by Gasteiger charge is -2.31. The summed E-state index contributed by atoms with van der Waals surface area (Å²) in [5.41, 5.74) is 2.09.